The number of nitrogens with zero attached hydrogens (tertiary/aromatic N) is 1. The van der Waals surface area contributed by atoms with Gasteiger partial charge in [-0.15, -0.1) is 0 Å². The number of hydrogen-bond donors (Lipinski definition) is 2. The number of carboxylic acid groups (broad SMARTS) is 1. The Morgan fingerprint density at radius 3 is 2.76 bits per heavy atom. The van der Waals surface area contributed by atoms with Gasteiger partial charge in [-0.1, -0.05) is 12.8 Å². The van der Waals surface area contributed by atoms with Crippen LogP contribution in [0.2, 0.25) is 0 Å². The first-order chi connectivity index (χ1) is 10.0. The van der Waals surface area contributed by atoms with Crippen molar-refractivity contribution in [2.45, 2.75) is 31.7 Å². The number of anilines is 1. The van der Waals surface area contributed by atoms with Crippen molar-refractivity contribution in [3.63, 3.8) is 0 Å². The molecular weight excluding hydrogens is 339 g/mol. The molecule has 0 spiro atoms. The van der Waals surface area contributed by atoms with E-state index in [2.05, 4.69) is 33.2 Å². The van der Waals surface area contributed by atoms with Crippen LogP contribution in [0.1, 0.15) is 36.0 Å². The lowest BCUT2D eigenvalue weighted by molar-refractivity contribution is 0.0695. The predicted molar refractivity (Wildman–Crippen MR) is 84.4 cm³/mol. The molecule has 1 fully saturated rings. The molecule has 0 amide bonds. The van der Waals surface area contributed by atoms with Crippen molar-refractivity contribution < 1.29 is 14.3 Å². The number of hydrogen-bond acceptors (Lipinski definition) is 3. The minimum absolute atomic E-state index is 0.0100. The summed E-state index contributed by atoms with van der Waals surface area (Å²) < 4.78 is 14.1. The van der Waals surface area contributed by atoms with Gasteiger partial charge in [-0.3, -0.25) is 0 Å². The second kappa shape index (κ2) is 7.22. The molecule has 0 aromatic heterocycles. The summed E-state index contributed by atoms with van der Waals surface area (Å²) in [6.07, 6.45) is 5.06. The Hall–Kier alpha value is -1.14. The predicted octanol–water partition coefficient (Wildman–Crippen LogP) is 3.57. The fourth-order valence-corrected chi connectivity index (χ4v) is 3.26. The van der Waals surface area contributed by atoms with Crippen molar-refractivity contribution in [1.29, 1.82) is 0 Å². The highest BCUT2D eigenvalue weighted by Gasteiger charge is 2.19. The highest BCUT2D eigenvalue weighted by Crippen LogP contribution is 2.27. The number of benzene rings is 1. The zero-order valence-electron chi connectivity index (χ0n) is 12.0. The number of likely N-dealkylation sites (N-methyl/N-ethyl adjacent to an activating group) is 1. The third-order valence-electron chi connectivity index (χ3n) is 4.04. The first-order valence-electron chi connectivity index (χ1n) is 7.16. The molecule has 1 aromatic rings. The molecule has 0 unspecified atom stereocenters. The molecule has 0 radical (unpaired) electrons. The first kappa shape index (κ1) is 16.2. The van der Waals surface area contributed by atoms with E-state index in [0.717, 1.165) is 6.54 Å². The maximum atomic E-state index is 14.1. The molecule has 116 valence electrons. The van der Waals surface area contributed by atoms with Gasteiger partial charge in [0.15, 0.2) is 5.82 Å². The molecule has 1 aliphatic rings. The molecule has 0 bridgehead atoms. The molecule has 0 heterocycles. The minimum Gasteiger partial charge on any atom is -0.478 e. The number of carbonyl (C=O) groups is 1. The van der Waals surface area contributed by atoms with Crippen molar-refractivity contribution >= 4 is 27.6 Å². The normalized spacial score (nSPS) is 15.6. The minimum atomic E-state index is -1.15. The van der Waals surface area contributed by atoms with Gasteiger partial charge in [0.1, 0.15) is 0 Å². The van der Waals surface area contributed by atoms with Gasteiger partial charge in [0.05, 0.1) is 15.7 Å². The molecule has 1 aliphatic carbocycles. The quantitative estimate of drug-likeness (QED) is 0.815. The van der Waals surface area contributed by atoms with Crippen LogP contribution in [0.15, 0.2) is 16.6 Å². The Labute approximate surface area is 132 Å². The van der Waals surface area contributed by atoms with Crippen molar-refractivity contribution in [2.24, 2.45) is 0 Å². The van der Waals surface area contributed by atoms with Gasteiger partial charge >= 0.3 is 5.97 Å². The number of aromatic carboxylic acids is 1. The van der Waals surface area contributed by atoms with Crippen molar-refractivity contribution in [3.8, 4) is 0 Å². The molecule has 2 rings (SSSR count). The molecular formula is C15H20BrFN2O2. The van der Waals surface area contributed by atoms with Gasteiger partial charge < -0.3 is 15.3 Å². The lowest BCUT2D eigenvalue weighted by atomic mass is 10.2. The molecule has 1 saturated carbocycles. The Balaban J connectivity index is 1.91. The number of nitrogens with one attached hydrogen (secondary N) is 1. The molecule has 0 aliphatic heterocycles. The molecule has 0 atom stereocenters. The third kappa shape index (κ3) is 3.95. The van der Waals surface area contributed by atoms with E-state index in [4.69, 9.17) is 5.11 Å². The lowest BCUT2D eigenvalue weighted by Crippen LogP contribution is -2.33. The van der Waals surface area contributed by atoms with E-state index in [9.17, 15) is 9.18 Å². The highest BCUT2D eigenvalue weighted by atomic mass is 79.9. The van der Waals surface area contributed by atoms with E-state index in [0.29, 0.717) is 18.3 Å². The van der Waals surface area contributed by atoms with Crippen molar-refractivity contribution in [1.82, 2.24) is 4.90 Å². The summed E-state index contributed by atoms with van der Waals surface area (Å²) in [5.74, 6) is -1.70. The van der Waals surface area contributed by atoms with Crippen LogP contribution in [-0.2, 0) is 0 Å². The van der Waals surface area contributed by atoms with E-state index in [1.165, 1.54) is 37.8 Å². The van der Waals surface area contributed by atoms with E-state index >= 15 is 0 Å². The zero-order valence-corrected chi connectivity index (χ0v) is 13.6. The van der Waals surface area contributed by atoms with Gasteiger partial charge in [0, 0.05) is 19.1 Å². The second-order valence-corrected chi connectivity index (χ2v) is 6.23. The van der Waals surface area contributed by atoms with E-state index in [-0.39, 0.29) is 10.0 Å². The van der Waals surface area contributed by atoms with Crippen LogP contribution in [0.4, 0.5) is 10.1 Å². The average Bonchev–Trinajstić information content (AvgIpc) is 2.97. The molecule has 4 nitrogen and oxygen atoms in total. The maximum absolute atomic E-state index is 14.1. The summed E-state index contributed by atoms with van der Waals surface area (Å²) in [4.78, 5) is 13.2. The standard InChI is InChI=1S/C15H20BrFN2O2/c1-19(10-4-2-3-5-10)9-8-18-12-7-6-11(15(20)21)13(16)14(12)17/h6-7,10,18H,2-5,8-9H2,1H3,(H,20,21). The monoisotopic (exact) mass is 358 g/mol. The van der Waals surface area contributed by atoms with Crippen molar-refractivity contribution in [3.05, 3.63) is 28.0 Å². The average molecular weight is 359 g/mol. The lowest BCUT2D eigenvalue weighted by Gasteiger charge is -2.24. The largest absolute Gasteiger partial charge is 0.478 e. The van der Waals surface area contributed by atoms with Gasteiger partial charge in [-0.05, 0) is 48.0 Å². The van der Waals surface area contributed by atoms with Crippen LogP contribution in [0, 0.1) is 5.82 Å². The van der Waals surface area contributed by atoms with Crippen LogP contribution in [0.5, 0.6) is 0 Å². The number of halogens is 2. The van der Waals surface area contributed by atoms with E-state index < -0.39 is 11.8 Å². The van der Waals surface area contributed by atoms with Crippen LogP contribution < -0.4 is 5.32 Å². The fourth-order valence-electron chi connectivity index (χ4n) is 2.75. The summed E-state index contributed by atoms with van der Waals surface area (Å²) in [6, 6.07) is 3.51. The summed E-state index contributed by atoms with van der Waals surface area (Å²) in [7, 11) is 2.09. The maximum Gasteiger partial charge on any atom is 0.336 e. The van der Waals surface area contributed by atoms with Crippen LogP contribution >= 0.6 is 15.9 Å². The SMILES string of the molecule is CN(CCNc1ccc(C(=O)O)c(Br)c1F)C1CCCC1. The highest BCUT2D eigenvalue weighted by molar-refractivity contribution is 9.10. The summed E-state index contributed by atoms with van der Waals surface area (Å²) >= 11 is 3.00. The van der Waals surface area contributed by atoms with E-state index in [1.54, 1.807) is 0 Å². The molecule has 1 aromatic carbocycles. The fraction of sp³-hybridized carbons (Fsp3) is 0.533. The number of rotatable bonds is 6. The topological polar surface area (TPSA) is 52.6 Å². The summed E-state index contributed by atoms with van der Waals surface area (Å²) in [5.41, 5.74) is 0.257. The Kier molecular flexibility index (Phi) is 5.58. The Morgan fingerprint density at radius 2 is 2.14 bits per heavy atom. The van der Waals surface area contributed by atoms with Gasteiger partial charge in [-0.2, -0.15) is 0 Å². The van der Waals surface area contributed by atoms with Crippen LogP contribution in [0.25, 0.3) is 0 Å². The van der Waals surface area contributed by atoms with Gasteiger partial charge in [0.2, 0.25) is 0 Å². The first-order valence-corrected chi connectivity index (χ1v) is 7.95. The van der Waals surface area contributed by atoms with Crippen LogP contribution in [0.3, 0.4) is 0 Å². The summed E-state index contributed by atoms with van der Waals surface area (Å²) in [5, 5.41) is 12.0. The molecule has 21 heavy (non-hydrogen) atoms. The number of carboxylic acids is 1. The smallest absolute Gasteiger partial charge is 0.336 e. The third-order valence-corrected chi connectivity index (χ3v) is 4.82. The zero-order chi connectivity index (χ0) is 15.4. The van der Waals surface area contributed by atoms with Crippen LogP contribution in [-0.4, -0.2) is 42.2 Å². The Bertz CT molecular complexity index is 519. The van der Waals surface area contributed by atoms with Gasteiger partial charge in [0.25, 0.3) is 0 Å². The van der Waals surface area contributed by atoms with Gasteiger partial charge in [-0.25, -0.2) is 9.18 Å². The van der Waals surface area contributed by atoms with Crippen molar-refractivity contribution in [2.75, 3.05) is 25.5 Å². The second-order valence-electron chi connectivity index (χ2n) is 5.44. The molecule has 2 N–H and O–H groups in total. The summed E-state index contributed by atoms with van der Waals surface area (Å²) in [6.45, 7) is 1.46. The van der Waals surface area contributed by atoms with E-state index in [1.807, 2.05) is 0 Å². The molecule has 0 saturated heterocycles. The Morgan fingerprint density at radius 1 is 1.48 bits per heavy atom. The molecule has 6 heteroatoms.